The maximum absolute atomic E-state index is 13.6. The van der Waals surface area contributed by atoms with E-state index in [0.717, 1.165) is 25.7 Å². The van der Waals surface area contributed by atoms with Crippen LogP contribution in [0.15, 0.2) is 22.7 Å². The second kappa shape index (κ2) is 5.36. The molecule has 0 unspecified atom stereocenters. The number of rotatable bonds is 3. The van der Waals surface area contributed by atoms with Crippen molar-refractivity contribution in [2.45, 2.75) is 31.2 Å². The van der Waals surface area contributed by atoms with Gasteiger partial charge >= 0.3 is 0 Å². The normalized spacial score (nSPS) is 17.7. The Kier molecular flexibility index (Phi) is 4.02. The average Bonchev–Trinajstić information content (AvgIpc) is 2.81. The van der Waals surface area contributed by atoms with Gasteiger partial charge in [-0.15, -0.1) is 0 Å². The molecule has 5 heteroatoms. The van der Waals surface area contributed by atoms with Gasteiger partial charge in [-0.1, -0.05) is 28.8 Å². The molecule has 3 N–H and O–H groups in total. The lowest BCUT2D eigenvalue weighted by Crippen LogP contribution is -2.51. The first-order chi connectivity index (χ1) is 8.56. The third-order valence-corrected chi connectivity index (χ3v) is 4.00. The minimum Gasteiger partial charge on any atom is -0.345 e. The molecule has 0 heterocycles. The Morgan fingerprint density at radius 3 is 2.72 bits per heavy atom. The fourth-order valence-corrected chi connectivity index (χ4v) is 2.77. The fraction of sp³-hybridized carbons (Fsp3) is 0.462. The monoisotopic (exact) mass is 314 g/mol. The van der Waals surface area contributed by atoms with Crippen molar-refractivity contribution in [1.82, 2.24) is 5.32 Å². The standard InChI is InChI=1S/C13H16BrFN2O/c14-9-3-4-11(15)10(7-9)12(18)17-13(8-16)5-1-2-6-13/h3-4,7H,1-2,5-6,8,16H2,(H,17,18). The topological polar surface area (TPSA) is 55.1 Å². The van der Waals surface area contributed by atoms with Crippen molar-refractivity contribution in [3.63, 3.8) is 0 Å². The fourth-order valence-electron chi connectivity index (χ4n) is 2.41. The van der Waals surface area contributed by atoms with E-state index in [9.17, 15) is 9.18 Å². The highest BCUT2D eigenvalue weighted by Crippen LogP contribution is 2.29. The molecule has 0 saturated heterocycles. The minimum absolute atomic E-state index is 0.0594. The van der Waals surface area contributed by atoms with Crippen LogP contribution in [0, 0.1) is 5.82 Å². The van der Waals surface area contributed by atoms with Crippen molar-refractivity contribution in [3.8, 4) is 0 Å². The summed E-state index contributed by atoms with van der Waals surface area (Å²) in [6, 6.07) is 4.34. The summed E-state index contributed by atoms with van der Waals surface area (Å²) in [7, 11) is 0. The lowest BCUT2D eigenvalue weighted by Gasteiger charge is -2.28. The van der Waals surface area contributed by atoms with E-state index in [0.29, 0.717) is 11.0 Å². The first-order valence-corrected chi connectivity index (χ1v) is 6.83. The van der Waals surface area contributed by atoms with Crippen molar-refractivity contribution < 1.29 is 9.18 Å². The molecule has 0 atom stereocenters. The van der Waals surface area contributed by atoms with E-state index >= 15 is 0 Å². The average molecular weight is 315 g/mol. The highest BCUT2D eigenvalue weighted by Gasteiger charge is 2.34. The molecule has 18 heavy (non-hydrogen) atoms. The Morgan fingerprint density at radius 2 is 2.11 bits per heavy atom. The molecule has 1 aliphatic carbocycles. The summed E-state index contributed by atoms with van der Waals surface area (Å²) in [5.74, 6) is -0.901. The number of carbonyl (C=O) groups is 1. The van der Waals surface area contributed by atoms with Crippen LogP contribution in [0.4, 0.5) is 4.39 Å². The zero-order valence-corrected chi connectivity index (χ0v) is 11.6. The van der Waals surface area contributed by atoms with Crippen LogP contribution in [0.25, 0.3) is 0 Å². The van der Waals surface area contributed by atoms with Gasteiger partial charge in [0.2, 0.25) is 0 Å². The van der Waals surface area contributed by atoms with Crippen LogP contribution >= 0.6 is 15.9 Å². The molecular formula is C13H16BrFN2O. The van der Waals surface area contributed by atoms with E-state index in [1.54, 1.807) is 6.07 Å². The molecule has 98 valence electrons. The molecule has 1 saturated carbocycles. The molecule has 0 radical (unpaired) electrons. The molecule has 0 spiro atoms. The third kappa shape index (κ3) is 2.72. The second-order valence-corrected chi connectivity index (χ2v) is 5.69. The molecule has 1 amide bonds. The largest absolute Gasteiger partial charge is 0.345 e. The van der Waals surface area contributed by atoms with E-state index in [2.05, 4.69) is 21.2 Å². The molecule has 0 aromatic heterocycles. The van der Waals surface area contributed by atoms with Crippen molar-refractivity contribution in [2.75, 3.05) is 6.54 Å². The van der Waals surface area contributed by atoms with E-state index in [-0.39, 0.29) is 17.0 Å². The van der Waals surface area contributed by atoms with Crippen LogP contribution in [0.5, 0.6) is 0 Å². The Labute approximate surface area is 114 Å². The minimum atomic E-state index is -0.513. The SMILES string of the molecule is NCC1(NC(=O)c2cc(Br)ccc2F)CCCC1. The van der Waals surface area contributed by atoms with Crippen molar-refractivity contribution in [1.29, 1.82) is 0 Å². The predicted octanol–water partition coefficient (Wildman–Crippen LogP) is 2.59. The van der Waals surface area contributed by atoms with Gasteiger partial charge in [0.25, 0.3) is 5.91 Å². The van der Waals surface area contributed by atoms with Gasteiger partial charge in [0.15, 0.2) is 0 Å². The van der Waals surface area contributed by atoms with Crippen LogP contribution in [-0.2, 0) is 0 Å². The number of nitrogens with two attached hydrogens (primary N) is 1. The van der Waals surface area contributed by atoms with E-state index < -0.39 is 5.82 Å². The molecule has 1 aliphatic rings. The van der Waals surface area contributed by atoms with Gasteiger partial charge in [-0.05, 0) is 31.0 Å². The van der Waals surface area contributed by atoms with Crippen LogP contribution < -0.4 is 11.1 Å². The first-order valence-electron chi connectivity index (χ1n) is 6.04. The summed E-state index contributed by atoms with van der Waals surface area (Å²) in [4.78, 5) is 12.1. The van der Waals surface area contributed by atoms with E-state index in [1.165, 1.54) is 12.1 Å². The number of benzene rings is 1. The van der Waals surface area contributed by atoms with Crippen molar-refractivity contribution >= 4 is 21.8 Å². The highest BCUT2D eigenvalue weighted by molar-refractivity contribution is 9.10. The molecule has 1 fully saturated rings. The molecule has 1 aromatic carbocycles. The van der Waals surface area contributed by atoms with Gasteiger partial charge in [-0.2, -0.15) is 0 Å². The number of hydrogen-bond acceptors (Lipinski definition) is 2. The Morgan fingerprint density at radius 1 is 1.44 bits per heavy atom. The number of amides is 1. The summed E-state index contributed by atoms with van der Waals surface area (Å²) in [5, 5.41) is 2.90. The Hall–Kier alpha value is -0.940. The van der Waals surface area contributed by atoms with Gasteiger partial charge in [0.1, 0.15) is 5.82 Å². The number of carbonyl (C=O) groups excluding carboxylic acids is 1. The van der Waals surface area contributed by atoms with Crippen molar-refractivity contribution in [3.05, 3.63) is 34.1 Å². The molecule has 1 aromatic rings. The van der Waals surface area contributed by atoms with E-state index in [1.807, 2.05) is 0 Å². The third-order valence-electron chi connectivity index (χ3n) is 3.50. The maximum atomic E-state index is 13.6. The van der Waals surface area contributed by atoms with Crippen LogP contribution in [0.1, 0.15) is 36.0 Å². The van der Waals surface area contributed by atoms with E-state index in [4.69, 9.17) is 5.73 Å². The molecule has 0 bridgehead atoms. The summed E-state index contributed by atoms with van der Waals surface area (Å²) >= 11 is 3.24. The van der Waals surface area contributed by atoms with Gasteiger partial charge in [-0.25, -0.2) is 4.39 Å². The summed E-state index contributed by atoms with van der Waals surface area (Å²) in [6.07, 6.45) is 3.84. The Bertz CT molecular complexity index is 458. The Balaban J connectivity index is 2.18. The number of nitrogens with one attached hydrogen (secondary N) is 1. The highest BCUT2D eigenvalue weighted by atomic mass is 79.9. The summed E-state index contributed by atoms with van der Waals surface area (Å²) in [6.45, 7) is 0.397. The van der Waals surface area contributed by atoms with Crippen LogP contribution in [0.2, 0.25) is 0 Å². The van der Waals surface area contributed by atoms with Crippen molar-refractivity contribution in [2.24, 2.45) is 5.73 Å². The smallest absolute Gasteiger partial charge is 0.254 e. The quantitative estimate of drug-likeness (QED) is 0.901. The van der Waals surface area contributed by atoms with Crippen LogP contribution in [-0.4, -0.2) is 18.0 Å². The molecule has 0 aliphatic heterocycles. The van der Waals surface area contributed by atoms with Gasteiger partial charge in [0.05, 0.1) is 11.1 Å². The predicted molar refractivity (Wildman–Crippen MR) is 71.8 cm³/mol. The lowest BCUT2D eigenvalue weighted by atomic mass is 9.97. The zero-order chi connectivity index (χ0) is 13.2. The van der Waals surface area contributed by atoms with Gasteiger partial charge in [-0.3, -0.25) is 4.79 Å². The first kappa shape index (κ1) is 13.5. The second-order valence-electron chi connectivity index (χ2n) is 4.77. The molecule has 2 rings (SSSR count). The molecule has 3 nitrogen and oxygen atoms in total. The lowest BCUT2D eigenvalue weighted by molar-refractivity contribution is 0.0899. The van der Waals surface area contributed by atoms with Crippen LogP contribution in [0.3, 0.4) is 0 Å². The molecular weight excluding hydrogens is 299 g/mol. The summed E-state index contributed by atoms with van der Waals surface area (Å²) < 4.78 is 14.3. The summed E-state index contributed by atoms with van der Waals surface area (Å²) in [5.41, 5.74) is 5.45. The van der Waals surface area contributed by atoms with Gasteiger partial charge < -0.3 is 11.1 Å². The van der Waals surface area contributed by atoms with Gasteiger partial charge in [0, 0.05) is 11.0 Å². The number of halogens is 2. The zero-order valence-electron chi connectivity index (χ0n) is 10.0. The number of hydrogen-bond donors (Lipinski definition) is 2. The maximum Gasteiger partial charge on any atom is 0.254 e.